The van der Waals surface area contributed by atoms with Gasteiger partial charge < -0.3 is 19.0 Å². The number of rotatable bonds is 4. The zero-order valence-corrected chi connectivity index (χ0v) is 23.9. The standard InChI is InChI=1S/C38H28N4O2/c1-24-14-16-30-31-22-39-38(21-37(31)44-36(30)18-24)42-32-11-4-3-10-28(32)29-17-15-27(20-35(29)42)43-26-9-7-8-25(19-26)41-23-40(2)33-12-5-6-13-34(33)41/h3-22H,23H2,1-2H3/i2D3. The number of para-hydroxylation sites is 3. The molecule has 0 N–H and O–H groups in total. The topological polar surface area (TPSA) is 46.7 Å². The monoisotopic (exact) mass is 575 g/mol. The Kier molecular flexibility index (Phi) is 4.66. The van der Waals surface area contributed by atoms with Crippen LogP contribution in [0.2, 0.25) is 0 Å². The lowest BCUT2D eigenvalue weighted by molar-refractivity contribution is 0.483. The first-order valence-corrected chi connectivity index (χ1v) is 14.6. The fourth-order valence-corrected chi connectivity index (χ4v) is 6.44. The van der Waals surface area contributed by atoms with E-state index in [9.17, 15) is 0 Å². The minimum atomic E-state index is -2.25. The molecule has 0 fully saturated rings. The van der Waals surface area contributed by atoms with Crippen molar-refractivity contribution in [3.05, 3.63) is 127 Å². The van der Waals surface area contributed by atoms with Crippen LogP contribution >= 0.6 is 0 Å². The fraction of sp³-hybridized carbons (Fsp3) is 0.0789. The van der Waals surface area contributed by atoms with Crippen molar-refractivity contribution >= 4 is 60.8 Å². The quantitative estimate of drug-likeness (QED) is 0.209. The summed E-state index contributed by atoms with van der Waals surface area (Å²) in [5.41, 5.74) is 7.14. The molecule has 0 saturated heterocycles. The van der Waals surface area contributed by atoms with Crippen LogP contribution in [-0.4, -0.2) is 23.2 Å². The molecule has 0 bridgehead atoms. The number of hydrogen-bond acceptors (Lipinski definition) is 5. The molecule has 5 aromatic carbocycles. The number of furan rings is 1. The van der Waals surface area contributed by atoms with E-state index in [0.717, 1.165) is 66.5 Å². The van der Waals surface area contributed by atoms with Crippen molar-refractivity contribution in [3.8, 4) is 17.3 Å². The van der Waals surface area contributed by atoms with Crippen molar-refractivity contribution in [3.63, 3.8) is 0 Å². The highest BCUT2D eigenvalue weighted by Gasteiger charge is 2.24. The first-order valence-electron chi connectivity index (χ1n) is 16.1. The van der Waals surface area contributed by atoms with E-state index in [2.05, 4.69) is 47.9 Å². The van der Waals surface area contributed by atoms with Gasteiger partial charge in [0.25, 0.3) is 0 Å². The second kappa shape index (κ2) is 9.38. The minimum Gasteiger partial charge on any atom is -0.457 e. The third-order valence-electron chi connectivity index (χ3n) is 8.48. The molecule has 0 radical (unpaired) electrons. The third-order valence-corrected chi connectivity index (χ3v) is 8.48. The molecule has 6 heteroatoms. The highest BCUT2D eigenvalue weighted by Crippen LogP contribution is 2.41. The average Bonchev–Trinajstić information content (AvgIpc) is 3.73. The number of anilines is 3. The lowest BCUT2D eigenvalue weighted by Crippen LogP contribution is -2.23. The van der Waals surface area contributed by atoms with Gasteiger partial charge in [0.1, 0.15) is 28.5 Å². The molecule has 4 heterocycles. The lowest BCUT2D eigenvalue weighted by atomic mass is 10.1. The zero-order chi connectivity index (χ0) is 31.9. The maximum absolute atomic E-state index is 8.06. The Morgan fingerprint density at radius 2 is 1.50 bits per heavy atom. The van der Waals surface area contributed by atoms with Gasteiger partial charge in [-0.1, -0.05) is 48.5 Å². The van der Waals surface area contributed by atoms with Crippen molar-refractivity contribution in [1.29, 1.82) is 0 Å². The Bertz CT molecular complexity index is 2520. The summed E-state index contributed by atoms with van der Waals surface area (Å²) in [6.07, 6.45) is 1.89. The molecule has 0 atom stereocenters. The summed E-state index contributed by atoms with van der Waals surface area (Å²) in [7, 11) is 0. The molecule has 1 aliphatic rings. The van der Waals surface area contributed by atoms with Gasteiger partial charge in [-0.25, -0.2) is 4.98 Å². The summed E-state index contributed by atoms with van der Waals surface area (Å²) < 4.78 is 39.1. The molecule has 0 spiro atoms. The van der Waals surface area contributed by atoms with E-state index in [-0.39, 0.29) is 6.67 Å². The van der Waals surface area contributed by atoms with Crippen LogP contribution in [0.25, 0.3) is 49.6 Å². The minimum absolute atomic E-state index is 0.216. The summed E-state index contributed by atoms with van der Waals surface area (Å²) in [6.45, 7) is 0.0207. The number of fused-ring (bicyclic) bond motifs is 7. The van der Waals surface area contributed by atoms with Gasteiger partial charge in [-0.05, 0) is 61.0 Å². The van der Waals surface area contributed by atoms with Gasteiger partial charge in [-0.15, -0.1) is 0 Å². The highest BCUT2D eigenvalue weighted by molar-refractivity contribution is 6.10. The SMILES string of the molecule is [2H]C([2H])([2H])N1CN(c2cccc(Oc3ccc4c5ccccc5n(-c5cc6oc7cc(C)ccc7c6cn5)c4c3)c2)c2ccccc21. The highest BCUT2D eigenvalue weighted by atomic mass is 16.5. The van der Waals surface area contributed by atoms with Crippen LogP contribution in [0.3, 0.4) is 0 Å². The van der Waals surface area contributed by atoms with Gasteiger partial charge >= 0.3 is 0 Å². The van der Waals surface area contributed by atoms with Crippen molar-refractivity contribution in [1.82, 2.24) is 9.55 Å². The number of benzene rings is 5. The van der Waals surface area contributed by atoms with E-state index in [0.29, 0.717) is 17.2 Å². The second-order valence-electron chi connectivity index (χ2n) is 11.3. The van der Waals surface area contributed by atoms with Crippen molar-refractivity contribution in [2.24, 2.45) is 0 Å². The van der Waals surface area contributed by atoms with Crippen molar-refractivity contribution < 1.29 is 13.3 Å². The summed E-state index contributed by atoms with van der Waals surface area (Å²) in [6, 6.07) is 38.0. The summed E-state index contributed by atoms with van der Waals surface area (Å²) in [4.78, 5) is 8.36. The van der Waals surface area contributed by atoms with Gasteiger partial charge in [0.15, 0.2) is 0 Å². The van der Waals surface area contributed by atoms with Crippen LogP contribution in [0.15, 0.2) is 126 Å². The molecule has 0 amide bonds. The van der Waals surface area contributed by atoms with Crippen LogP contribution < -0.4 is 14.5 Å². The summed E-state index contributed by atoms with van der Waals surface area (Å²) in [5.74, 6) is 2.07. The first kappa shape index (κ1) is 21.9. The Morgan fingerprint density at radius 3 is 2.43 bits per heavy atom. The van der Waals surface area contributed by atoms with E-state index in [1.54, 1.807) is 0 Å². The molecule has 212 valence electrons. The molecular weight excluding hydrogens is 544 g/mol. The maximum Gasteiger partial charge on any atom is 0.141 e. The molecule has 0 unspecified atom stereocenters. The smallest absolute Gasteiger partial charge is 0.141 e. The van der Waals surface area contributed by atoms with Gasteiger partial charge in [-0.3, -0.25) is 4.57 Å². The summed E-state index contributed by atoms with van der Waals surface area (Å²) >= 11 is 0. The van der Waals surface area contributed by atoms with Gasteiger partial charge in [0.05, 0.1) is 29.1 Å². The Labute approximate surface area is 258 Å². The molecule has 1 aliphatic heterocycles. The largest absolute Gasteiger partial charge is 0.457 e. The molecule has 8 aromatic rings. The van der Waals surface area contributed by atoms with E-state index in [4.69, 9.17) is 18.3 Å². The predicted molar refractivity (Wildman–Crippen MR) is 179 cm³/mol. The van der Waals surface area contributed by atoms with E-state index in [1.165, 1.54) is 4.90 Å². The van der Waals surface area contributed by atoms with Gasteiger partial charge in [0.2, 0.25) is 0 Å². The van der Waals surface area contributed by atoms with Gasteiger partial charge in [-0.2, -0.15) is 0 Å². The average molecular weight is 576 g/mol. The van der Waals surface area contributed by atoms with Crippen LogP contribution in [-0.2, 0) is 0 Å². The molecule has 9 rings (SSSR count). The van der Waals surface area contributed by atoms with E-state index in [1.807, 2.05) is 90.0 Å². The molecule has 0 aliphatic carbocycles. The Morgan fingerprint density at radius 1 is 0.705 bits per heavy atom. The van der Waals surface area contributed by atoms with Crippen LogP contribution in [0, 0.1) is 6.92 Å². The van der Waals surface area contributed by atoms with Crippen LogP contribution in [0.1, 0.15) is 9.68 Å². The van der Waals surface area contributed by atoms with E-state index < -0.39 is 6.98 Å². The third kappa shape index (κ3) is 3.77. The normalized spacial score (nSPS) is 14.3. The van der Waals surface area contributed by atoms with Crippen LogP contribution in [0.4, 0.5) is 17.1 Å². The summed E-state index contributed by atoms with van der Waals surface area (Å²) in [5, 5.41) is 4.23. The number of hydrogen-bond donors (Lipinski definition) is 0. The number of pyridine rings is 1. The molecule has 3 aromatic heterocycles. The predicted octanol–water partition coefficient (Wildman–Crippen LogP) is 9.72. The fourth-order valence-electron chi connectivity index (χ4n) is 6.44. The molecule has 44 heavy (non-hydrogen) atoms. The Balaban J connectivity index is 1.11. The number of aryl methyl sites for hydroxylation is 1. The maximum atomic E-state index is 8.06. The van der Waals surface area contributed by atoms with Crippen LogP contribution in [0.5, 0.6) is 11.5 Å². The molecule has 0 saturated carbocycles. The van der Waals surface area contributed by atoms with Gasteiger partial charge in [0, 0.05) is 62.7 Å². The van der Waals surface area contributed by atoms with Crippen molar-refractivity contribution in [2.45, 2.75) is 6.92 Å². The first-order chi connectivity index (χ1) is 22.8. The van der Waals surface area contributed by atoms with E-state index >= 15 is 0 Å². The number of ether oxygens (including phenoxy) is 1. The Hall–Kier alpha value is -5.75. The lowest BCUT2D eigenvalue weighted by Gasteiger charge is -2.20. The molecular formula is C38H28N4O2. The zero-order valence-electron chi connectivity index (χ0n) is 26.9. The second-order valence-corrected chi connectivity index (χ2v) is 11.3. The molecule has 6 nitrogen and oxygen atoms in total. The number of aromatic nitrogens is 2. The number of nitrogens with zero attached hydrogens (tertiary/aromatic N) is 4. The van der Waals surface area contributed by atoms with Crippen molar-refractivity contribution in [2.75, 3.05) is 23.4 Å².